The maximum atomic E-state index is 13.2. The minimum Gasteiger partial charge on any atom is -0.497 e. The standard InChI is InChI=1S/C27H26N4O4/c1-35-19-12-10-17(11-13-19)24-25-21(20-4-2-3-5-22(20)29-25)14-23(30-24)27(33)28-15-16-6-8-18(9-7-16)26(32)31-34/h2-13,23-24,29-30,34H,14-15H2,1H3,(H,28,33)(H,31,32)/t23-,24-/m1/s1. The lowest BCUT2D eigenvalue weighted by molar-refractivity contribution is -0.123. The van der Waals surface area contributed by atoms with Crippen LogP contribution in [-0.4, -0.2) is 35.2 Å². The molecule has 0 radical (unpaired) electrons. The van der Waals surface area contributed by atoms with Gasteiger partial charge in [-0.05, 0) is 53.4 Å². The van der Waals surface area contributed by atoms with Gasteiger partial charge in [-0.3, -0.25) is 20.1 Å². The molecule has 1 aromatic heterocycles. The molecule has 3 aromatic carbocycles. The number of carbonyl (C=O) groups excluding carboxylic acids is 2. The molecule has 1 aliphatic rings. The van der Waals surface area contributed by atoms with Crippen molar-refractivity contribution in [3.8, 4) is 5.75 Å². The fraction of sp³-hybridized carbons (Fsp3) is 0.185. The zero-order valence-corrected chi connectivity index (χ0v) is 19.2. The third kappa shape index (κ3) is 4.49. The number of para-hydroxylation sites is 1. The number of amides is 2. The molecular formula is C27H26N4O4. The predicted octanol–water partition coefficient (Wildman–Crippen LogP) is 3.22. The summed E-state index contributed by atoms with van der Waals surface area (Å²) in [4.78, 5) is 28.3. The molecule has 1 aliphatic heterocycles. The number of H-pyrrole nitrogens is 1. The molecule has 178 valence electrons. The molecule has 5 N–H and O–H groups in total. The fourth-order valence-corrected chi connectivity index (χ4v) is 4.61. The zero-order valence-electron chi connectivity index (χ0n) is 19.2. The summed E-state index contributed by atoms with van der Waals surface area (Å²) in [5.41, 5.74) is 7.09. The second kappa shape index (κ2) is 9.61. The van der Waals surface area contributed by atoms with Gasteiger partial charge in [0.15, 0.2) is 0 Å². The van der Waals surface area contributed by atoms with E-state index < -0.39 is 11.9 Å². The largest absolute Gasteiger partial charge is 0.497 e. The highest BCUT2D eigenvalue weighted by Gasteiger charge is 2.33. The lowest BCUT2D eigenvalue weighted by Crippen LogP contribution is -2.49. The lowest BCUT2D eigenvalue weighted by atomic mass is 9.90. The van der Waals surface area contributed by atoms with Gasteiger partial charge in [0.05, 0.1) is 19.2 Å². The summed E-state index contributed by atoms with van der Waals surface area (Å²) in [5, 5.41) is 16.4. The average Bonchev–Trinajstić information content (AvgIpc) is 3.30. The molecule has 8 heteroatoms. The second-order valence-electron chi connectivity index (χ2n) is 8.55. The van der Waals surface area contributed by atoms with Gasteiger partial charge in [-0.2, -0.15) is 0 Å². The molecule has 5 rings (SSSR count). The van der Waals surface area contributed by atoms with Crippen LogP contribution < -0.4 is 20.9 Å². The summed E-state index contributed by atoms with van der Waals surface area (Å²) < 4.78 is 5.31. The van der Waals surface area contributed by atoms with Crippen LogP contribution in [0.4, 0.5) is 0 Å². The molecule has 4 aromatic rings. The van der Waals surface area contributed by atoms with Crippen molar-refractivity contribution >= 4 is 22.7 Å². The van der Waals surface area contributed by atoms with Crippen molar-refractivity contribution in [2.75, 3.05) is 7.11 Å². The van der Waals surface area contributed by atoms with Gasteiger partial charge in [0, 0.05) is 28.7 Å². The summed E-state index contributed by atoms with van der Waals surface area (Å²) in [5.74, 6) is 0.0981. The number of hydrogen-bond donors (Lipinski definition) is 5. The SMILES string of the molecule is COc1ccc([C@H]2N[C@@H](C(=O)NCc3ccc(C(=O)NO)cc3)Cc3c2[nH]c2ccccc32)cc1. The molecule has 35 heavy (non-hydrogen) atoms. The number of aromatic amines is 1. The number of hydrogen-bond acceptors (Lipinski definition) is 5. The number of methoxy groups -OCH3 is 1. The van der Waals surface area contributed by atoms with Gasteiger partial charge < -0.3 is 15.0 Å². The van der Waals surface area contributed by atoms with Gasteiger partial charge in [0.1, 0.15) is 5.75 Å². The van der Waals surface area contributed by atoms with Gasteiger partial charge in [-0.15, -0.1) is 0 Å². The van der Waals surface area contributed by atoms with Crippen LogP contribution in [0, 0.1) is 0 Å². The van der Waals surface area contributed by atoms with E-state index in [0.29, 0.717) is 18.5 Å². The highest BCUT2D eigenvalue weighted by atomic mass is 16.5. The van der Waals surface area contributed by atoms with E-state index >= 15 is 0 Å². The molecule has 2 heterocycles. The van der Waals surface area contributed by atoms with Crippen LogP contribution in [0.5, 0.6) is 5.75 Å². The smallest absolute Gasteiger partial charge is 0.274 e. The Balaban J connectivity index is 1.38. The highest BCUT2D eigenvalue weighted by Crippen LogP contribution is 2.35. The average molecular weight is 471 g/mol. The molecule has 0 spiro atoms. The van der Waals surface area contributed by atoms with Crippen LogP contribution in [0.2, 0.25) is 0 Å². The third-order valence-corrected chi connectivity index (χ3v) is 6.46. The monoisotopic (exact) mass is 470 g/mol. The summed E-state index contributed by atoms with van der Waals surface area (Å²) in [6.07, 6.45) is 0.563. The highest BCUT2D eigenvalue weighted by molar-refractivity contribution is 5.93. The first-order chi connectivity index (χ1) is 17.1. The van der Waals surface area contributed by atoms with E-state index in [2.05, 4.69) is 27.8 Å². The molecule has 8 nitrogen and oxygen atoms in total. The summed E-state index contributed by atoms with van der Waals surface area (Å²) in [6.45, 7) is 0.325. The molecule has 0 unspecified atom stereocenters. The van der Waals surface area contributed by atoms with Crippen LogP contribution in [0.25, 0.3) is 10.9 Å². The number of benzene rings is 3. The van der Waals surface area contributed by atoms with E-state index in [4.69, 9.17) is 9.94 Å². The van der Waals surface area contributed by atoms with Crippen molar-refractivity contribution in [2.45, 2.75) is 25.0 Å². The minimum absolute atomic E-state index is 0.100. The first-order valence-corrected chi connectivity index (χ1v) is 11.4. The number of nitrogens with one attached hydrogen (secondary N) is 4. The summed E-state index contributed by atoms with van der Waals surface area (Å²) >= 11 is 0. The van der Waals surface area contributed by atoms with Crippen LogP contribution in [0.3, 0.4) is 0 Å². The Kier molecular flexibility index (Phi) is 6.22. The van der Waals surface area contributed by atoms with Crippen LogP contribution in [0.1, 0.15) is 38.8 Å². The predicted molar refractivity (Wildman–Crippen MR) is 131 cm³/mol. The quantitative estimate of drug-likeness (QED) is 0.219. The molecule has 0 bridgehead atoms. The Labute approximate surface area is 202 Å². The van der Waals surface area contributed by atoms with Crippen molar-refractivity contribution in [1.29, 1.82) is 0 Å². The van der Waals surface area contributed by atoms with Gasteiger partial charge in [-0.1, -0.05) is 42.5 Å². The van der Waals surface area contributed by atoms with E-state index in [1.807, 2.05) is 36.4 Å². The van der Waals surface area contributed by atoms with Crippen molar-refractivity contribution in [3.05, 3.63) is 101 Å². The molecule has 0 fully saturated rings. The number of carbonyl (C=O) groups is 2. The number of aromatic nitrogens is 1. The van der Waals surface area contributed by atoms with E-state index in [-0.39, 0.29) is 11.9 Å². The summed E-state index contributed by atoms with van der Waals surface area (Å²) in [6, 6.07) is 22.1. The van der Waals surface area contributed by atoms with Crippen LogP contribution in [0.15, 0.2) is 72.8 Å². The normalized spacial score (nSPS) is 17.0. The summed E-state index contributed by atoms with van der Waals surface area (Å²) in [7, 11) is 1.64. The fourth-order valence-electron chi connectivity index (χ4n) is 4.61. The second-order valence-corrected chi connectivity index (χ2v) is 8.55. The van der Waals surface area contributed by atoms with Gasteiger partial charge >= 0.3 is 0 Å². The van der Waals surface area contributed by atoms with Gasteiger partial charge in [-0.25, -0.2) is 5.48 Å². The Morgan fingerprint density at radius 1 is 1.03 bits per heavy atom. The van der Waals surface area contributed by atoms with E-state index in [0.717, 1.165) is 39.0 Å². The Hall–Kier alpha value is -4.14. The van der Waals surface area contributed by atoms with Crippen LogP contribution >= 0.6 is 0 Å². The third-order valence-electron chi connectivity index (χ3n) is 6.46. The van der Waals surface area contributed by atoms with E-state index in [9.17, 15) is 9.59 Å². The number of ether oxygens (including phenoxy) is 1. The van der Waals surface area contributed by atoms with Crippen molar-refractivity contribution in [2.24, 2.45) is 0 Å². The Morgan fingerprint density at radius 2 is 1.77 bits per heavy atom. The zero-order chi connectivity index (χ0) is 24.4. The van der Waals surface area contributed by atoms with Gasteiger partial charge in [0.25, 0.3) is 5.91 Å². The van der Waals surface area contributed by atoms with Crippen LogP contribution in [-0.2, 0) is 17.8 Å². The molecular weight excluding hydrogens is 444 g/mol. The molecule has 0 aliphatic carbocycles. The molecule has 2 amide bonds. The Morgan fingerprint density at radius 3 is 2.49 bits per heavy atom. The molecule has 2 atom stereocenters. The minimum atomic E-state index is -0.578. The van der Waals surface area contributed by atoms with Crippen molar-refractivity contribution in [1.82, 2.24) is 21.1 Å². The number of fused-ring (bicyclic) bond motifs is 3. The van der Waals surface area contributed by atoms with E-state index in [1.54, 1.807) is 36.9 Å². The number of rotatable bonds is 6. The Bertz CT molecular complexity index is 1360. The van der Waals surface area contributed by atoms with Crippen molar-refractivity contribution < 1.29 is 19.5 Å². The molecule has 0 saturated carbocycles. The first kappa shape index (κ1) is 22.6. The van der Waals surface area contributed by atoms with E-state index in [1.165, 1.54) is 0 Å². The maximum Gasteiger partial charge on any atom is 0.274 e. The lowest BCUT2D eigenvalue weighted by Gasteiger charge is -2.31. The first-order valence-electron chi connectivity index (χ1n) is 11.4. The van der Waals surface area contributed by atoms with Gasteiger partial charge in [0.2, 0.25) is 5.91 Å². The number of hydroxylamine groups is 1. The maximum absolute atomic E-state index is 13.2. The molecule has 0 saturated heterocycles. The topological polar surface area (TPSA) is 115 Å². The van der Waals surface area contributed by atoms with Crippen molar-refractivity contribution in [3.63, 3.8) is 0 Å².